The summed E-state index contributed by atoms with van der Waals surface area (Å²) >= 11 is 0. The average Bonchev–Trinajstić information content (AvgIpc) is 3.80. The smallest absolute Gasteiger partial charge is 0.386 e. The minimum Gasteiger partial charge on any atom is -0.386 e. The summed E-state index contributed by atoms with van der Waals surface area (Å²) in [6.45, 7) is 1.82. The van der Waals surface area contributed by atoms with Gasteiger partial charge in [0.25, 0.3) is 11.1 Å². The molecule has 8 N–H and O–H groups in total. The molecule has 7 rings (SSSR count). The van der Waals surface area contributed by atoms with E-state index < -0.39 is 89.1 Å². The number of rotatable bonds is 5. The second kappa shape index (κ2) is 12.9. The van der Waals surface area contributed by atoms with E-state index in [1.165, 1.54) is 6.21 Å². The SMILES string of the molecule is C=CCC=Nc1nc2c(ncn2[C@@H]2O[C@@H]3COP(=O)(O)O[C@H]4[C@@H](O)[C@H](n5cnc6c(=O)[nH]c(N)nc65)O[C@@H]4COP(=O)(O)O[C@H]3[C@H]2O)c(=O)[nH]1. The lowest BCUT2D eigenvalue weighted by Crippen LogP contribution is -2.39. The fourth-order valence-electron chi connectivity index (χ4n) is 5.64. The van der Waals surface area contributed by atoms with Crippen molar-refractivity contribution in [3.05, 3.63) is 46.0 Å². The molecular formula is C24H28N10O14P2. The second-order valence-corrected chi connectivity index (χ2v) is 13.9. The molecule has 2 unspecified atom stereocenters. The van der Waals surface area contributed by atoms with Crippen LogP contribution < -0.4 is 16.9 Å². The summed E-state index contributed by atoms with van der Waals surface area (Å²) in [5.41, 5.74) is 3.73. The molecule has 0 spiro atoms. The van der Waals surface area contributed by atoms with Gasteiger partial charge < -0.3 is 35.2 Å². The van der Waals surface area contributed by atoms with Crippen LogP contribution in [-0.2, 0) is 36.7 Å². The Morgan fingerprint density at radius 1 is 0.900 bits per heavy atom. The quantitative estimate of drug-likeness (QED) is 0.0706. The van der Waals surface area contributed by atoms with Crippen LogP contribution in [0.3, 0.4) is 0 Å². The molecule has 0 aliphatic carbocycles. The highest BCUT2D eigenvalue weighted by atomic mass is 31.2. The number of allylic oxidation sites excluding steroid dienone is 1. The number of nitrogens with one attached hydrogen (secondary N) is 2. The number of nitrogens with zero attached hydrogens (tertiary/aromatic N) is 7. The van der Waals surface area contributed by atoms with Crippen molar-refractivity contribution in [3.8, 4) is 0 Å². The Kier molecular flexibility index (Phi) is 8.91. The summed E-state index contributed by atoms with van der Waals surface area (Å²) in [6, 6.07) is 0. The number of aromatic nitrogens is 8. The molecule has 50 heavy (non-hydrogen) atoms. The molecule has 4 aromatic rings. The standard InChI is InChI=1S/C24H28N10O14P2/c1-2-3-4-26-24-30-18-12(20(38)32-24)28-8-34(18)22-14(36)16-10(46-22)6-44-49(39,40)47-15-9(5-43-50(41,42)48-16)45-21(13(15)35)33-7-27-11-17(33)29-23(25)31-19(11)37/h2,4,7-10,13-16,21-22,35-36H,1,3,5-6H2,(H,39,40)(H,41,42)(H,30,32,38)(H3,25,29,31,37)/t9-,10-,13-,14-,15-,16-,21-,22-/m1/s1. The molecule has 3 aliphatic rings. The summed E-state index contributed by atoms with van der Waals surface area (Å²) in [6.07, 6.45) is -7.56. The molecule has 0 amide bonds. The van der Waals surface area contributed by atoms with Crippen LogP contribution in [0.5, 0.6) is 0 Å². The Balaban J connectivity index is 1.16. The molecule has 268 valence electrons. The van der Waals surface area contributed by atoms with Gasteiger partial charge in [-0.3, -0.25) is 46.8 Å². The van der Waals surface area contributed by atoms with Gasteiger partial charge in [-0.05, 0) is 0 Å². The fraction of sp³-hybridized carbons (Fsp3) is 0.458. The first-order valence-electron chi connectivity index (χ1n) is 14.6. The first-order chi connectivity index (χ1) is 23.7. The van der Waals surface area contributed by atoms with Gasteiger partial charge in [-0.2, -0.15) is 9.97 Å². The highest BCUT2D eigenvalue weighted by molar-refractivity contribution is 7.47. The average molecular weight is 742 g/mol. The minimum absolute atomic E-state index is 0.0944. The highest BCUT2D eigenvalue weighted by Gasteiger charge is 2.54. The van der Waals surface area contributed by atoms with Crippen LogP contribution in [0.25, 0.3) is 22.3 Å². The van der Waals surface area contributed by atoms with Crippen molar-refractivity contribution >= 4 is 56.1 Å². The van der Waals surface area contributed by atoms with Gasteiger partial charge in [0.1, 0.15) is 36.6 Å². The molecule has 26 heteroatoms. The van der Waals surface area contributed by atoms with Crippen LogP contribution >= 0.6 is 15.6 Å². The Bertz CT molecular complexity index is 2200. The number of hydrogen-bond acceptors (Lipinski definition) is 18. The number of aliphatic hydroxyl groups is 2. The van der Waals surface area contributed by atoms with Gasteiger partial charge in [-0.1, -0.05) is 6.08 Å². The zero-order chi connectivity index (χ0) is 35.5. The number of nitrogen functional groups attached to an aromatic ring is 1. The predicted molar refractivity (Wildman–Crippen MR) is 165 cm³/mol. The molecule has 24 nitrogen and oxygen atoms in total. The number of aliphatic hydroxyl groups excluding tert-OH is 2. The summed E-state index contributed by atoms with van der Waals surface area (Å²) in [4.78, 5) is 71.2. The molecule has 0 radical (unpaired) electrons. The number of hydrogen-bond donors (Lipinski definition) is 7. The van der Waals surface area contributed by atoms with E-state index in [2.05, 4.69) is 41.5 Å². The number of H-pyrrole nitrogens is 2. The molecule has 3 aliphatic heterocycles. The van der Waals surface area contributed by atoms with E-state index in [1.807, 2.05) is 0 Å². The number of imidazole rings is 2. The van der Waals surface area contributed by atoms with Gasteiger partial charge in [0, 0.05) is 12.6 Å². The van der Waals surface area contributed by atoms with Crippen LogP contribution in [0.1, 0.15) is 18.9 Å². The van der Waals surface area contributed by atoms with E-state index in [0.717, 1.165) is 21.8 Å². The Hall–Kier alpha value is -4.03. The van der Waals surface area contributed by atoms with Crippen molar-refractivity contribution in [2.24, 2.45) is 4.99 Å². The lowest BCUT2D eigenvalue weighted by Gasteiger charge is -2.27. The number of aliphatic imine (C=N–C) groups is 1. The van der Waals surface area contributed by atoms with Crippen molar-refractivity contribution in [2.75, 3.05) is 18.9 Å². The van der Waals surface area contributed by atoms with Gasteiger partial charge in [-0.15, -0.1) is 6.58 Å². The summed E-state index contributed by atoms with van der Waals surface area (Å²) in [5.74, 6) is -0.389. The zero-order valence-corrected chi connectivity index (χ0v) is 27.0. The van der Waals surface area contributed by atoms with Crippen molar-refractivity contribution in [3.63, 3.8) is 0 Å². The van der Waals surface area contributed by atoms with Gasteiger partial charge in [0.05, 0.1) is 25.9 Å². The van der Waals surface area contributed by atoms with Gasteiger partial charge in [0.15, 0.2) is 34.8 Å². The number of nitrogens with two attached hydrogens (primary N) is 1. The minimum atomic E-state index is -5.12. The molecule has 4 aromatic heterocycles. The van der Waals surface area contributed by atoms with Crippen LogP contribution in [-0.4, -0.2) is 115 Å². The van der Waals surface area contributed by atoms with Gasteiger partial charge in [-0.25, -0.2) is 24.1 Å². The van der Waals surface area contributed by atoms with Crippen molar-refractivity contribution in [2.45, 2.75) is 55.5 Å². The van der Waals surface area contributed by atoms with E-state index in [9.17, 15) is 38.7 Å². The van der Waals surface area contributed by atoms with Crippen LogP contribution in [0.2, 0.25) is 0 Å². The molecule has 0 aromatic carbocycles. The molecule has 0 bridgehead atoms. The molecule has 0 saturated carbocycles. The van der Waals surface area contributed by atoms with E-state index in [-0.39, 0.29) is 34.2 Å². The van der Waals surface area contributed by atoms with E-state index in [1.54, 1.807) is 6.08 Å². The van der Waals surface area contributed by atoms with Crippen molar-refractivity contribution in [1.82, 2.24) is 39.0 Å². The van der Waals surface area contributed by atoms with E-state index in [0.29, 0.717) is 6.42 Å². The van der Waals surface area contributed by atoms with Crippen LogP contribution in [0, 0.1) is 0 Å². The Labute approximate surface area is 277 Å². The van der Waals surface area contributed by atoms with E-state index in [4.69, 9.17) is 33.3 Å². The van der Waals surface area contributed by atoms with Gasteiger partial charge >= 0.3 is 15.6 Å². The third-order valence-corrected chi connectivity index (χ3v) is 9.81. The lowest BCUT2D eigenvalue weighted by atomic mass is 10.1. The maximum Gasteiger partial charge on any atom is 0.472 e. The first kappa shape index (κ1) is 34.4. The predicted octanol–water partition coefficient (Wildman–Crippen LogP) is -1.35. The Morgan fingerprint density at radius 3 is 1.92 bits per heavy atom. The zero-order valence-electron chi connectivity index (χ0n) is 25.2. The molecule has 10 atom stereocenters. The molecule has 7 heterocycles. The maximum atomic E-state index is 13.2. The van der Waals surface area contributed by atoms with Crippen LogP contribution in [0.4, 0.5) is 11.9 Å². The number of ether oxygens (including phenoxy) is 2. The van der Waals surface area contributed by atoms with Gasteiger partial charge in [0.2, 0.25) is 11.9 Å². The third kappa shape index (κ3) is 6.36. The second-order valence-electron chi connectivity index (χ2n) is 11.1. The summed E-state index contributed by atoms with van der Waals surface area (Å²) in [5, 5.41) is 22.5. The monoisotopic (exact) mass is 742 g/mol. The number of anilines is 1. The molecular weight excluding hydrogens is 714 g/mol. The van der Waals surface area contributed by atoms with Crippen molar-refractivity contribution in [1.29, 1.82) is 0 Å². The summed E-state index contributed by atoms with van der Waals surface area (Å²) in [7, 11) is -10.2. The third-order valence-electron chi connectivity index (χ3n) is 7.84. The van der Waals surface area contributed by atoms with E-state index >= 15 is 0 Å². The lowest BCUT2D eigenvalue weighted by molar-refractivity contribution is -0.0664. The number of phosphoric ester groups is 2. The molecule has 3 fully saturated rings. The topological polar surface area (TPSA) is 336 Å². The number of aromatic amines is 2. The highest BCUT2D eigenvalue weighted by Crippen LogP contribution is 2.53. The van der Waals surface area contributed by atoms with Crippen molar-refractivity contribution < 1.29 is 56.7 Å². The fourth-order valence-corrected chi connectivity index (χ4v) is 7.56. The number of fused-ring (bicyclic) bond motifs is 4. The van der Waals surface area contributed by atoms with Crippen LogP contribution in [0.15, 0.2) is 39.9 Å². The molecule has 3 saturated heterocycles. The largest absolute Gasteiger partial charge is 0.472 e. The number of phosphoric acid groups is 2. The first-order valence-corrected chi connectivity index (χ1v) is 17.6. The normalized spacial score (nSPS) is 35.2. The summed E-state index contributed by atoms with van der Waals surface area (Å²) < 4.78 is 61.1. The maximum absolute atomic E-state index is 13.2. The Morgan fingerprint density at radius 2 is 1.40 bits per heavy atom.